The van der Waals surface area contributed by atoms with Crippen molar-refractivity contribution in [1.29, 1.82) is 0 Å². The Morgan fingerprint density at radius 2 is 0.404 bits per heavy atom. The van der Waals surface area contributed by atoms with Gasteiger partial charge in [0.25, 0.3) is 0 Å². The van der Waals surface area contributed by atoms with E-state index in [0.717, 1.165) is 0 Å². The van der Waals surface area contributed by atoms with Crippen LogP contribution in [0.3, 0.4) is 0 Å². The Hall–Kier alpha value is -7.13. The van der Waals surface area contributed by atoms with E-state index >= 15 is 19.2 Å². The van der Waals surface area contributed by atoms with E-state index in [1.807, 2.05) is 0 Å². The summed E-state index contributed by atoms with van der Waals surface area (Å²) in [7, 11) is 0. The largest absolute Gasteiger partial charge is 0.460 e. The Balaban J connectivity index is 4.73. The molecule has 1 fully saturated rings. The highest BCUT2D eigenvalue weighted by Gasteiger charge is 2.44. The zero-order chi connectivity index (χ0) is 84.4. The van der Waals surface area contributed by atoms with Crippen molar-refractivity contribution in [3.8, 4) is 0 Å². The van der Waals surface area contributed by atoms with Crippen LogP contribution in [0.2, 0.25) is 0 Å². The number of urea groups is 1. The van der Waals surface area contributed by atoms with Crippen molar-refractivity contribution in [2.45, 2.75) is 426 Å². The van der Waals surface area contributed by atoms with Crippen molar-refractivity contribution in [2.24, 2.45) is 0 Å². The predicted molar refractivity (Wildman–Crippen MR) is 409 cm³/mol. The van der Waals surface area contributed by atoms with Gasteiger partial charge in [-0.25, -0.2) is 4.79 Å². The van der Waals surface area contributed by atoms with E-state index < -0.39 is 175 Å². The van der Waals surface area contributed by atoms with Crippen molar-refractivity contribution in [1.82, 2.24) is 26.2 Å². The lowest BCUT2D eigenvalue weighted by Crippen LogP contribution is -2.56. The highest BCUT2D eigenvalue weighted by molar-refractivity contribution is 5.82. The number of nitrogens with one attached hydrogen (secondary N) is 4. The molecule has 0 aromatic rings. The Bertz CT molecular complexity index is 2530. The van der Waals surface area contributed by atoms with E-state index in [1.54, 1.807) is 187 Å². The lowest BCUT2D eigenvalue weighted by molar-refractivity contribution is -0.158. The van der Waals surface area contributed by atoms with Crippen LogP contribution in [0.4, 0.5) is 4.79 Å². The molecule has 0 aliphatic carbocycles. The highest BCUT2D eigenvalue weighted by Crippen LogP contribution is 2.36. The number of ether oxygens (including phenoxy) is 9. The zero-order valence-corrected chi connectivity index (χ0v) is 71.5. The van der Waals surface area contributed by atoms with Crippen LogP contribution in [0, 0.1) is 0 Å². The van der Waals surface area contributed by atoms with E-state index in [9.17, 15) is 48.3 Å². The van der Waals surface area contributed by atoms with Gasteiger partial charge in [0.15, 0.2) is 0 Å². The van der Waals surface area contributed by atoms with Crippen LogP contribution in [0.25, 0.3) is 0 Å². The molecule has 1 heterocycles. The maximum atomic E-state index is 15.4. The third-order valence-electron chi connectivity index (χ3n) is 16.6. The van der Waals surface area contributed by atoms with Crippen molar-refractivity contribution in [3.63, 3.8) is 0 Å². The average Bonchev–Trinajstić information content (AvgIpc) is 1.60. The van der Waals surface area contributed by atoms with Gasteiger partial charge in [0.1, 0.15) is 50.4 Å². The highest BCUT2D eigenvalue weighted by atomic mass is 16.6. The molecule has 28 heteroatoms. The van der Waals surface area contributed by atoms with Crippen LogP contribution in [0.5, 0.6) is 0 Å². The molecule has 109 heavy (non-hydrogen) atoms. The van der Waals surface area contributed by atoms with Crippen LogP contribution in [-0.4, -0.2) is 179 Å². The predicted octanol–water partition coefficient (Wildman–Crippen LogP) is 12.5. The summed E-state index contributed by atoms with van der Waals surface area (Å²) in [5.41, 5.74) is -14.9. The molecule has 5 N–H and O–H groups in total. The maximum Gasteiger partial charge on any atom is 0.317 e. The number of β-amino-alcohol motifs (C(OH)–C–C–N with tert-alkyl or cyclic N) is 1. The van der Waals surface area contributed by atoms with Gasteiger partial charge in [-0.15, -0.1) is 0 Å². The quantitative estimate of drug-likeness (QED) is 0.0281. The molecule has 28 nitrogen and oxygen atoms in total. The Labute approximate surface area is 650 Å². The van der Waals surface area contributed by atoms with Crippen LogP contribution in [-0.2, 0) is 100 Å². The second-order valence-electron chi connectivity index (χ2n) is 38.4. The third kappa shape index (κ3) is 48.3. The SMILES string of the molecule is CC(C)(C)OC(=O)CCC(CCC(=O)OC(C)(C)C)(CCC(=O)OC(C)(C)C)NC(=O)CCC(CCC(=O)NC(CCC(=O)OC(C)(C)C)(CCC(=O)OC(C)(C)C)CCC(=O)OC(C)(C)C)(CCC(=O)NC(CCC(=O)OC(C)(C)C)(CCC(=O)OC(C)(C)C)CCC(=O)OC(C)(C)C)NC(=O)N1CC[C@@H](O)C1. The third-order valence-corrected chi connectivity index (χ3v) is 16.6. The number of aliphatic hydroxyl groups excluding tert-OH is 1. The molecule has 1 rings (SSSR count). The zero-order valence-electron chi connectivity index (χ0n) is 71.5. The fourth-order valence-electron chi connectivity index (χ4n) is 12.2. The standard InChI is InChI=1S/C81H141N5O23/c1-69(2,3)101-59(91)31-44-78(45-32-60(92)102-70(4,5)6,46-33-61(93)103-71(7,8)9)82-56(88)28-41-81(85-68(100)86-53-40-55(87)54-86,42-29-57(89)83-79(47-34-62(94)104-72(10,11)12,48-35-63(95)105-73(13,14)15)49-36-64(96)106-74(16,17)18)43-30-58(90)84-80(50-37-65(97)107-75(19,20)21,51-38-66(98)108-76(22,23)24)52-39-67(99)109-77(25,26)27/h55,87H,28-54H2,1-27H3,(H,82,88)(H,83,89)(H,84,90)(H,85,100)/t55-/m1/s1. The molecular weight excluding hydrogens is 1410 g/mol. The number of carbonyl (C=O) groups excluding carboxylic acids is 13. The van der Waals surface area contributed by atoms with Gasteiger partial charge in [-0.1, -0.05) is 0 Å². The minimum Gasteiger partial charge on any atom is -0.460 e. The van der Waals surface area contributed by atoms with Gasteiger partial charge < -0.3 is 73.9 Å². The first-order chi connectivity index (χ1) is 49.1. The first-order valence-electron chi connectivity index (χ1n) is 38.7. The number of amides is 5. The van der Waals surface area contributed by atoms with Crippen molar-refractivity contribution < 1.29 is 110 Å². The molecular formula is C81H141N5O23. The Morgan fingerprint density at radius 1 is 0.257 bits per heavy atom. The second-order valence-corrected chi connectivity index (χ2v) is 38.4. The van der Waals surface area contributed by atoms with Gasteiger partial charge in [0, 0.05) is 112 Å². The molecule has 0 saturated carbocycles. The second kappa shape index (κ2) is 41.4. The fraction of sp³-hybridized carbons (Fsp3) is 0.840. The maximum absolute atomic E-state index is 15.4. The molecule has 1 aliphatic heterocycles. The molecule has 0 radical (unpaired) electrons. The molecule has 0 aromatic heterocycles. The van der Waals surface area contributed by atoms with Crippen LogP contribution < -0.4 is 21.3 Å². The summed E-state index contributed by atoms with van der Waals surface area (Å²) in [5.74, 6) is -8.11. The minimum atomic E-state index is -1.82. The average molecular weight is 1550 g/mol. The fourth-order valence-corrected chi connectivity index (χ4v) is 12.2. The summed E-state index contributed by atoms with van der Waals surface area (Å²) in [5, 5.41) is 23.2. The van der Waals surface area contributed by atoms with E-state index in [1.165, 1.54) is 4.90 Å². The number of rotatable bonds is 40. The molecule has 1 saturated heterocycles. The first kappa shape index (κ1) is 99.9. The summed E-state index contributed by atoms with van der Waals surface area (Å²) in [6, 6.07) is -0.762. The van der Waals surface area contributed by atoms with Gasteiger partial charge in [-0.3, -0.25) is 57.5 Å². The normalized spacial score (nSPS) is 14.5. The van der Waals surface area contributed by atoms with Crippen LogP contribution in [0.1, 0.15) is 347 Å². The monoisotopic (exact) mass is 1550 g/mol. The smallest absolute Gasteiger partial charge is 0.317 e. The summed E-state index contributed by atoms with van der Waals surface area (Å²) in [6.45, 7) is 45.3. The van der Waals surface area contributed by atoms with Crippen LogP contribution in [0.15, 0.2) is 0 Å². The molecule has 0 aromatic carbocycles. The number of nitrogens with zero attached hydrogens (tertiary/aromatic N) is 1. The van der Waals surface area contributed by atoms with Gasteiger partial charge in [-0.2, -0.15) is 0 Å². The van der Waals surface area contributed by atoms with Crippen molar-refractivity contribution >= 4 is 77.5 Å². The van der Waals surface area contributed by atoms with Gasteiger partial charge in [-0.05, 0) is 270 Å². The number of aliphatic hydroxyl groups is 1. The van der Waals surface area contributed by atoms with Crippen molar-refractivity contribution in [2.75, 3.05) is 13.1 Å². The first-order valence-corrected chi connectivity index (χ1v) is 38.7. The van der Waals surface area contributed by atoms with E-state index in [4.69, 9.17) is 42.6 Å². The minimum absolute atomic E-state index is 0.0604. The number of likely N-dealkylation sites (tertiary alicyclic amines) is 1. The summed E-state index contributed by atoms with van der Waals surface area (Å²) < 4.78 is 51.4. The summed E-state index contributed by atoms with van der Waals surface area (Å²) >= 11 is 0. The number of hydrogen-bond donors (Lipinski definition) is 5. The lowest BCUT2D eigenvalue weighted by Gasteiger charge is -2.40. The topological polar surface area (TPSA) is 377 Å². The summed E-state index contributed by atoms with van der Waals surface area (Å²) in [4.78, 5) is 186. The van der Waals surface area contributed by atoms with Crippen LogP contribution >= 0.6 is 0 Å². The molecule has 0 spiro atoms. The van der Waals surface area contributed by atoms with E-state index in [-0.39, 0.29) is 154 Å². The molecule has 5 amide bonds. The molecule has 1 aliphatic rings. The molecule has 1 atom stereocenters. The number of esters is 9. The van der Waals surface area contributed by atoms with Gasteiger partial charge in [0.05, 0.1) is 6.10 Å². The Kier molecular flexibility index (Phi) is 37.9. The number of hydrogen-bond acceptors (Lipinski definition) is 23. The van der Waals surface area contributed by atoms with Gasteiger partial charge in [0.2, 0.25) is 17.7 Å². The van der Waals surface area contributed by atoms with Gasteiger partial charge >= 0.3 is 59.8 Å². The van der Waals surface area contributed by atoms with E-state index in [2.05, 4.69) is 21.3 Å². The summed E-state index contributed by atoms with van der Waals surface area (Å²) in [6.07, 6.45) is -7.85. The molecule has 0 bridgehead atoms. The molecule has 628 valence electrons. The molecule has 0 unspecified atom stereocenters. The lowest BCUT2D eigenvalue weighted by atomic mass is 9.80. The van der Waals surface area contributed by atoms with Crippen molar-refractivity contribution in [3.05, 3.63) is 0 Å². The number of carbonyl (C=O) groups is 13. The Morgan fingerprint density at radius 3 is 0.541 bits per heavy atom. The van der Waals surface area contributed by atoms with E-state index in [0.29, 0.717) is 0 Å².